The van der Waals surface area contributed by atoms with Crippen LogP contribution in [0.15, 0.2) is 4.99 Å². The van der Waals surface area contributed by atoms with Gasteiger partial charge < -0.3 is 20.2 Å². The van der Waals surface area contributed by atoms with Crippen LogP contribution in [0.2, 0.25) is 0 Å². The van der Waals surface area contributed by atoms with E-state index in [1.165, 1.54) is 77.4 Å². The van der Waals surface area contributed by atoms with Gasteiger partial charge in [-0.05, 0) is 57.0 Å². The number of nitrogens with zero attached hydrogens (tertiary/aromatic N) is 3. The third-order valence-electron chi connectivity index (χ3n) is 6.43. The van der Waals surface area contributed by atoms with Gasteiger partial charge in [0.15, 0.2) is 5.96 Å². The maximum atomic E-state index is 10.5. The predicted octanol–water partition coefficient (Wildman–Crippen LogP) is 2.31. The van der Waals surface area contributed by atoms with Gasteiger partial charge in [0, 0.05) is 33.2 Å². The summed E-state index contributed by atoms with van der Waals surface area (Å²) in [5.74, 6) is 2.22. The highest BCUT2D eigenvalue weighted by Crippen LogP contribution is 2.26. The van der Waals surface area contributed by atoms with Gasteiger partial charge in [0.2, 0.25) is 0 Å². The minimum absolute atomic E-state index is 0.233. The van der Waals surface area contributed by atoms with Crippen LogP contribution in [0.5, 0.6) is 0 Å². The summed E-state index contributed by atoms with van der Waals surface area (Å²) >= 11 is 0. The second-order valence-corrected chi connectivity index (χ2v) is 8.36. The summed E-state index contributed by atoms with van der Waals surface area (Å²) < 4.78 is 0. The molecule has 0 bridgehead atoms. The first-order chi connectivity index (χ1) is 12.3. The molecule has 1 saturated carbocycles. The summed E-state index contributed by atoms with van der Waals surface area (Å²) in [4.78, 5) is 9.52. The van der Waals surface area contributed by atoms with Crippen molar-refractivity contribution in [2.45, 2.75) is 63.9 Å². The topological polar surface area (TPSA) is 51.1 Å². The number of rotatable bonds is 5. The molecule has 0 aromatic carbocycles. The van der Waals surface area contributed by atoms with Gasteiger partial charge in [0.25, 0.3) is 0 Å². The van der Waals surface area contributed by atoms with E-state index in [9.17, 15) is 5.11 Å². The Hall–Kier alpha value is -0.810. The number of guanidine groups is 1. The molecule has 2 unspecified atom stereocenters. The Morgan fingerprint density at radius 1 is 1.04 bits per heavy atom. The van der Waals surface area contributed by atoms with Crippen LogP contribution in [-0.4, -0.2) is 73.3 Å². The van der Waals surface area contributed by atoms with Crippen molar-refractivity contribution in [2.24, 2.45) is 16.8 Å². The van der Waals surface area contributed by atoms with Gasteiger partial charge in [0.05, 0.1) is 6.10 Å². The first-order valence-corrected chi connectivity index (χ1v) is 10.6. The highest BCUT2D eigenvalue weighted by atomic mass is 16.3. The Kier molecular flexibility index (Phi) is 7.41. The van der Waals surface area contributed by atoms with Crippen LogP contribution in [-0.2, 0) is 0 Å². The zero-order chi connectivity index (χ0) is 17.5. The molecule has 2 N–H and O–H groups in total. The van der Waals surface area contributed by atoms with Crippen molar-refractivity contribution in [1.82, 2.24) is 15.1 Å². The molecule has 1 aliphatic carbocycles. The molecule has 144 valence electrons. The van der Waals surface area contributed by atoms with E-state index in [2.05, 4.69) is 20.1 Å². The lowest BCUT2D eigenvalue weighted by atomic mass is 9.85. The quantitative estimate of drug-likeness (QED) is 0.590. The largest absolute Gasteiger partial charge is 0.391 e. The number of likely N-dealkylation sites (tertiary alicyclic amines) is 2. The zero-order valence-corrected chi connectivity index (χ0v) is 16.1. The Morgan fingerprint density at radius 3 is 2.48 bits per heavy atom. The maximum absolute atomic E-state index is 10.5. The molecule has 2 atom stereocenters. The van der Waals surface area contributed by atoms with Crippen LogP contribution >= 0.6 is 0 Å². The SMILES string of the molecule is CN=C(NCC(O)C1CCCCC1)N1CCC(CN2CCCCC2)C1. The molecule has 2 aliphatic heterocycles. The third kappa shape index (κ3) is 5.58. The van der Waals surface area contributed by atoms with Crippen LogP contribution in [0.4, 0.5) is 0 Å². The molecule has 2 heterocycles. The third-order valence-corrected chi connectivity index (χ3v) is 6.43. The van der Waals surface area contributed by atoms with Crippen LogP contribution in [0.3, 0.4) is 0 Å². The Labute approximate surface area is 153 Å². The van der Waals surface area contributed by atoms with Crippen LogP contribution in [0.1, 0.15) is 57.8 Å². The zero-order valence-electron chi connectivity index (χ0n) is 16.1. The van der Waals surface area contributed by atoms with Gasteiger partial charge in [0.1, 0.15) is 0 Å². The lowest BCUT2D eigenvalue weighted by Gasteiger charge is -2.30. The number of aliphatic imine (C=N–C) groups is 1. The maximum Gasteiger partial charge on any atom is 0.193 e. The van der Waals surface area contributed by atoms with E-state index in [-0.39, 0.29) is 6.10 Å². The number of nitrogens with one attached hydrogen (secondary N) is 1. The molecule has 5 heteroatoms. The number of piperidine rings is 1. The van der Waals surface area contributed by atoms with Crippen molar-refractivity contribution in [3.05, 3.63) is 0 Å². The minimum Gasteiger partial charge on any atom is -0.391 e. The normalized spacial score (nSPS) is 28.3. The summed E-state index contributed by atoms with van der Waals surface area (Å²) in [6, 6.07) is 0. The van der Waals surface area contributed by atoms with Gasteiger partial charge in [-0.25, -0.2) is 0 Å². The number of aliphatic hydroxyl groups excluding tert-OH is 1. The van der Waals surface area contributed by atoms with E-state index in [0.717, 1.165) is 25.0 Å². The predicted molar refractivity (Wildman–Crippen MR) is 104 cm³/mol. The van der Waals surface area contributed by atoms with Crippen LogP contribution in [0.25, 0.3) is 0 Å². The first-order valence-electron chi connectivity index (χ1n) is 10.6. The summed E-state index contributed by atoms with van der Waals surface area (Å²) in [5.41, 5.74) is 0. The molecular formula is C20H38N4O. The molecule has 0 aromatic rings. The van der Waals surface area contributed by atoms with E-state index in [4.69, 9.17) is 0 Å². The molecule has 0 amide bonds. The second-order valence-electron chi connectivity index (χ2n) is 8.36. The second kappa shape index (κ2) is 9.77. The summed E-state index contributed by atoms with van der Waals surface area (Å²) in [5, 5.41) is 13.9. The van der Waals surface area contributed by atoms with Gasteiger partial charge in [-0.1, -0.05) is 25.7 Å². The van der Waals surface area contributed by atoms with Crippen molar-refractivity contribution in [3.63, 3.8) is 0 Å². The van der Waals surface area contributed by atoms with Crippen molar-refractivity contribution in [2.75, 3.05) is 46.3 Å². The van der Waals surface area contributed by atoms with Crippen molar-refractivity contribution >= 4 is 5.96 Å². The number of hydrogen-bond acceptors (Lipinski definition) is 3. The summed E-state index contributed by atoms with van der Waals surface area (Å²) in [7, 11) is 1.87. The highest BCUT2D eigenvalue weighted by Gasteiger charge is 2.28. The molecule has 3 fully saturated rings. The molecule has 5 nitrogen and oxygen atoms in total. The smallest absolute Gasteiger partial charge is 0.193 e. The van der Waals surface area contributed by atoms with Crippen molar-refractivity contribution in [3.8, 4) is 0 Å². The van der Waals surface area contributed by atoms with E-state index in [1.807, 2.05) is 7.05 Å². The lowest BCUT2D eigenvalue weighted by molar-refractivity contribution is 0.0874. The fraction of sp³-hybridized carbons (Fsp3) is 0.950. The van der Waals surface area contributed by atoms with E-state index in [1.54, 1.807) is 0 Å². The molecule has 0 spiro atoms. The number of aliphatic hydroxyl groups is 1. The van der Waals surface area contributed by atoms with E-state index >= 15 is 0 Å². The van der Waals surface area contributed by atoms with Crippen LogP contribution in [0, 0.1) is 11.8 Å². The molecule has 0 aromatic heterocycles. The fourth-order valence-corrected chi connectivity index (χ4v) is 4.89. The van der Waals surface area contributed by atoms with Crippen molar-refractivity contribution < 1.29 is 5.11 Å². The molecular weight excluding hydrogens is 312 g/mol. The molecule has 0 radical (unpaired) electrons. The Morgan fingerprint density at radius 2 is 1.76 bits per heavy atom. The Balaban J connectivity index is 1.40. The summed E-state index contributed by atoms with van der Waals surface area (Å²) in [6.45, 7) is 6.67. The van der Waals surface area contributed by atoms with Gasteiger partial charge >= 0.3 is 0 Å². The van der Waals surface area contributed by atoms with Gasteiger partial charge in [-0.3, -0.25) is 4.99 Å². The first kappa shape index (κ1) is 19.0. The molecule has 2 saturated heterocycles. The Bertz CT molecular complexity index is 416. The van der Waals surface area contributed by atoms with Gasteiger partial charge in [-0.2, -0.15) is 0 Å². The standard InChI is InChI=1S/C20H38N4O/c1-21-20(22-14-19(25)18-8-4-2-5-9-18)24-13-10-17(16-24)15-23-11-6-3-7-12-23/h17-19,25H,2-16H2,1H3,(H,21,22). The van der Waals surface area contributed by atoms with E-state index in [0.29, 0.717) is 12.5 Å². The molecule has 3 aliphatic rings. The summed E-state index contributed by atoms with van der Waals surface area (Å²) in [6.07, 6.45) is 11.5. The average molecular weight is 351 g/mol. The average Bonchev–Trinajstić information content (AvgIpc) is 3.12. The minimum atomic E-state index is -0.233. The molecule has 25 heavy (non-hydrogen) atoms. The van der Waals surface area contributed by atoms with Gasteiger partial charge in [-0.15, -0.1) is 0 Å². The number of hydrogen-bond donors (Lipinski definition) is 2. The fourth-order valence-electron chi connectivity index (χ4n) is 4.89. The molecule has 3 rings (SSSR count). The lowest BCUT2D eigenvalue weighted by Crippen LogP contribution is -2.45. The van der Waals surface area contributed by atoms with E-state index < -0.39 is 0 Å². The highest BCUT2D eigenvalue weighted by molar-refractivity contribution is 5.80. The monoisotopic (exact) mass is 350 g/mol. The van der Waals surface area contributed by atoms with Crippen LogP contribution < -0.4 is 5.32 Å². The van der Waals surface area contributed by atoms with Crippen molar-refractivity contribution in [1.29, 1.82) is 0 Å².